The van der Waals surface area contributed by atoms with E-state index in [0.29, 0.717) is 27.2 Å². The molecule has 0 unspecified atom stereocenters. The normalized spacial score (nSPS) is 10.3. The molecule has 0 aliphatic carbocycles. The predicted octanol–water partition coefficient (Wildman–Crippen LogP) is 4.35. The monoisotopic (exact) mass is 353 g/mol. The van der Waals surface area contributed by atoms with E-state index in [1.165, 1.54) is 0 Å². The zero-order chi connectivity index (χ0) is 17.0. The van der Waals surface area contributed by atoms with Crippen LogP contribution in [0, 0.1) is 13.8 Å². The molecule has 23 heavy (non-hydrogen) atoms. The smallest absolute Gasteiger partial charge is 0.321 e. The van der Waals surface area contributed by atoms with Crippen LogP contribution < -0.4 is 21.1 Å². The highest BCUT2D eigenvalue weighted by Gasteiger charge is 2.07. The first-order chi connectivity index (χ1) is 10.9. The maximum Gasteiger partial charge on any atom is 0.321 e. The van der Waals surface area contributed by atoms with Crippen molar-refractivity contribution in [3.8, 4) is 5.75 Å². The summed E-state index contributed by atoms with van der Waals surface area (Å²) in [4.78, 5) is 11.8. The molecule has 2 amide bonds. The van der Waals surface area contributed by atoms with Crippen molar-refractivity contribution in [3.63, 3.8) is 0 Å². The molecule has 2 rings (SSSR count). The van der Waals surface area contributed by atoms with Crippen LogP contribution in [0.1, 0.15) is 11.1 Å². The fourth-order valence-electron chi connectivity index (χ4n) is 1.97. The molecule has 5 nitrogen and oxygen atoms in total. The summed E-state index contributed by atoms with van der Waals surface area (Å²) in [5.41, 5.74) is 8.42. The summed E-state index contributed by atoms with van der Waals surface area (Å²) in [6.07, 6.45) is 0. The van der Waals surface area contributed by atoms with Crippen molar-refractivity contribution in [2.45, 2.75) is 13.8 Å². The lowest BCUT2D eigenvalue weighted by Crippen LogP contribution is -2.32. The predicted molar refractivity (Wildman–Crippen MR) is 94.4 cm³/mol. The van der Waals surface area contributed by atoms with Crippen LogP contribution in [-0.2, 0) is 0 Å². The third-order valence-corrected chi connectivity index (χ3v) is 4.03. The van der Waals surface area contributed by atoms with Gasteiger partial charge in [0.25, 0.3) is 0 Å². The van der Waals surface area contributed by atoms with E-state index >= 15 is 0 Å². The minimum atomic E-state index is -0.431. The van der Waals surface area contributed by atoms with Crippen LogP contribution in [0.5, 0.6) is 5.75 Å². The number of benzene rings is 2. The molecule has 7 heteroatoms. The van der Waals surface area contributed by atoms with Crippen molar-refractivity contribution < 1.29 is 9.53 Å². The van der Waals surface area contributed by atoms with Gasteiger partial charge >= 0.3 is 6.03 Å². The fraction of sp³-hybridized carbons (Fsp3) is 0.188. The number of aryl methyl sites for hydroxylation is 2. The van der Waals surface area contributed by atoms with Crippen molar-refractivity contribution >= 4 is 40.6 Å². The topological polar surface area (TPSA) is 76.4 Å². The molecule has 0 atom stereocenters. The number of amides is 2. The number of urea groups is 1. The molecular formula is C16H17Cl2N3O2. The number of rotatable bonds is 4. The van der Waals surface area contributed by atoms with E-state index < -0.39 is 6.03 Å². The molecule has 0 saturated carbocycles. The van der Waals surface area contributed by atoms with E-state index in [0.717, 1.165) is 11.1 Å². The largest absolute Gasteiger partial charge is 0.473 e. The van der Waals surface area contributed by atoms with E-state index in [2.05, 4.69) is 10.6 Å². The summed E-state index contributed by atoms with van der Waals surface area (Å²) >= 11 is 12.1. The van der Waals surface area contributed by atoms with Gasteiger partial charge in [0.05, 0.1) is 10.7 Å². The first kappa shape index (κ1) is 17.2. The van der Waals surface area contributed by atoms with Gasteiger partial charge in [-0.1, -0.05) is 23.2 Å². The van der Waals surface area contributed by atoms with Gasteiger partial charge in [-0.3, -0.25) is 0 Å². The third kappa shape index (κ3) is 4.68. The first-order valence-electron chi connectivity index (χ1n) is 6.86. The summed E-state index contributed by atoms with van der Waals surface area (Å²) in [6.45, 7) is 3.80. The van der Waals surface area contributed by atoms with Crippen LogP contribution in [0.2, 0.25) is 10.0 Å². The zero-order valence-corrected chi connectivity index (χ0v) is 14.3. The molecule has 0 radical (unpaired) electrons. The van der Waals surface area contributed by atoms with Crippen molar-refractivity contribution in [2.24, 2.45) is 0 Å². The molecule has 0 aliphatic heterocycles. The second-order valence-corrected chi connectivity index (χ2v) is 5.82. The van der Waals surface area contributed by atoms with Crippen molar-refractivity contribution in [1.82, 2.24) is 5.32 Å². The lowest BCUT2D eigenvalue weighted by molar-refractivity contribution is 0.234. The highest BCUT2D eigenvalue weighted by Crippen LogP contribution is 2.26. The Hall–Kier alpha value is -2.11. The lowest BCUT2D eigenvalue weighted by atomic mass is 10.1. The molecule has 0 bridgehead atoms. The maximum atomic E-state index is 11.8. The van der Waals surface area contributed by atoms with Crippen LogP contribution in [0.3, 0.4) is 0 Å². The molecule has 0 heterocycles. The van der Waals surface area contributed by atoms with E-state index in [9.17, 15) is 4.79 Å². The van der Waals surface area contributed by atoms with Gasteiger partial charge in [-0.05, 0) is 55.3 Å². The molecule has 0 fully saturated rings. The number of carbonyl (C=O) groups is 1. The minimum Gasteiger partial charge on any atom is -0.473 e. The van der Waals surface area contributed by atoms with Crippen LogP contribution in [0.15, 0.2) is 30.3 Å². The van der Waals surface area contributed by atoms with Gasteiger partial charge in [0.15, 0.2) is 6.73 Å². The van der Waals surface area contributed by atoms with Gasteiger partial charge in [-0.15, -0.1) is 0 Å². The Balaban J connectivity index is 1.87. The molecule has 0 aliphatic rings. The van der Waals surface area contributed by atoms with Crippen LogP contribution in [0.4, 0.5) is 16.2 Å². The number of hydrogen-bond donors (Lipinski definition) is 3. The number of nitrogens with two attached hydrogens (primary N) is 1. The number of halogens is 2. The summed E-state index contributed by atoms with van der Waals surface area (Å²) in [5, 5.41) is 6.27. The Bertz CT molecular complexity index is 712. The van der Waals surface area contributed by atoms with Gasteiger partial charge in [0, 0.05) is 10.7 Å². The van der Waals surface area contributed by atoms with E-state index in [1.807, 2.05) is 26.0 Å². The summed E-state index contributed by atoms with van der Waals surface area (Å²) in [7, 11) is 0. The molecule has 0 saturated heterocycles. The average Bonchev–Trinajstić information content (AvgIpc) is 2.47. The van der Waals surface area contributed by atoms with Gasteiger partial charge in [0.1, 0.15) is 5.75 Å². The van der Waals surface area contributed by atoms with Gasteiger partial charge in [-0.2, -0.15) is 0 Å². The quantitative estimate of drug-likeness (QED) is 0.564. The Morgan fingerprint density at radius 1 is 1.17 bits per heavy atom. The standard InChI is InChI=1S/C16H17Cl2N3O2/c1-9-5-12(6-10(2)15(9)18)23-8-20-16(22)21-14-4-3-11(19)7-13(14)17/h3-7H,8,19H2,1-2H3,(H2,20,21,22). The molecule has 2 aromatic carbocycles. The second kappa shape index (κ2) is 7.44. The molecular weight excluding hydrogens is 337 g/mol. The molecule has 0 aromatic heterocycles. The molecule has 0 spiro atoms. The summed E-state index contributed by atoms with van der Waals surface area (Å²) in [6, 6.07) is 8.03. The Kier molecular flexibility index (Phi) is 5.58. The van der Waals surface area contributed by atoms with Gasteiger partial charge in [0.2, 0.25) is 0 Å². The van der Waals surface area contributed by atoms with Crippen LogP contribution in [0.25, 0.3) is 0 Å². The number of hydrogen-bond acceptors (Lipinski definition) is 3. The van der Waals surface area contributed by atoms with Crippen molar-refractivity contribution in [1.29, 1.82) is 0 Å². The number of ether oxygens (including phenoxy) is 1. The number of carbonyl (C=O) groups excluding carboxylic acids is 1. The Labute approximate surface area is 144 Å². The van der Waals surface area contributed by atoms with Crippen molar-refractivity contribution in [3.05, 3.63) is 51.5 Å². The highest BCUT2D eigenvalue weighted by atomic mass is 35.5. The van der Waals surface area contributed by atoms with E-state index in [4.69, 9.17) is 33.7 Å². The van der Waals surface area contributed by atoms with Crippen molar-refractivity contribution in [2.75, 3.05) is 17.8 Å². The number of nitrogen functional groups attached to an aromatic ring is 1. The van der Waals surface area contributed by atoms with Gasteiger partial charge in [-0.25, -0.2) is 4.79 Å². The maximum absolute atomic E-state index is 11.8. The molecule has 2 aromatic rings. The SMILES string of the molecule is Cc1cc(OCNC(=O)Nc2ccc(N)cc2Cl)cc(C)c1Cl. The summed E-state index contributed by atoms with van der Waals surface area (Å²) < 4.78 is 5.50. The zero-order valence-electron chi connectivity index (χ0n) is 12.7. The fourth-order valence-corrected chi connectivity index (χ4v) is 2.32. The van der Waals surface area contributed by atoms with E-state index in [-0.39, 0.29) is 6.73 Å². The van der Waals surface area contributed by atoms with Gasteiger partial charge < -0.3 is 21.1 Å². The third-order valence-electron chi connectivity index (χ3n) is 3.12. The molecule has 4 N–H and O–H groups in total. The Morgan fingerprint density at radius 3 is 2.43 bits per heavy atom. The average molecular weight is 354 g/mol. The summed E-state index contributed by atoms with van der Waals surface area (Å²) in [5.74, 6) is 0.634. The van der Waals surface area contributed by atoms with Crippen LogP contribution in [-0.4, -0.2) is 12.8 Å². The minimum absolute atomic E-state index is 0.0128. The Morgan fingerprint density at radius 2 is 1.83 bits per heavy atom. The van der Waals surface area contributed by atoms with Crippen LogP contribution >= 0.6 is 23.2 Å². The number of nitrogens with one attached hydrogen (secondary N) is 2. The molecule has 122 valence electrons. The lowest BCUT2D eigenvalue weighted by Gasteiger charge is -2.12. The number of anilines is 2. The second-order valence-electron chi connectivity index (χ2n) is 5.03. The highest BCUT2D eigenvalue weighted by molar-refractivity contribution is 6.34. The van der Waals surface area contributed by atoms with E-state index in [1.54, 1.807) is 18.2 Å². The first-order valence-corrected chi connectivity index (χ1v) is 7.62.